The predicted octanol–water partition coefficient (Wildman–Crippen LogP) is 2.40. The summed E-state index contributed by atoms with van der Waals surface area (Å²) in [7, 11) is 0. The van der Waals surface area contributed by atoms with Crippen molar-refractivity contribution in [2.24, 2.45) is 4.99 Å². The Morgan fingerprint density at radius 1 is 1.20 bits per heavy atom. The first-order chi connectivity index (χ1) is 14.7. The second-order valence-corrected chi connectivity index (χ2v) is 8.40. The Morgan fingerprint density at radius 3 is 2.83 bits per heavy atom. The van der Waals surface area contributed by atoms with Gasteiger partial charge in [0, 0.05) is 19.1 Å². The molecule has 6 rings (SSSR count). The molecule has 0 spiro atoms. The molecule has 5 heterocycles. The highest BCUT2D eigenvalue weighted by Crippen LogP contribution is 2.47. The number of hydrogen-bond donors (Lipinski definition) is 0. The lowest BCUT2D eigenvalue weighted by molar-refractivity contribution is -0.125. The third-order valence-corrected chi connectivity index (χ3v) is 6.50. The van der Waals surface area contributed by atoms with Crippen LogP contribution in [0.5, 0.6) is 0 Å². The largest absolute Gasteiger partial charge is 0.381 e. The number of fused-ring (bicyclic) bond motifs is 3. The Labute approximate surface area is 173 Å². The van der Waals surface area contributed by atoms with Gasteiger partial charge < -0.3 is 18.9 Å². The van der Waals surface area contributed by atoms with Crippen LogP contribution in [0.25, 0.3) is 0 Å². The number of para-hydroxylation sites is 2. The standard InChI is InChI=1S/C21H23N5O4/c1-21(8-4-9-29-21)26-15-6-3-2-5-14(15)25-12-22-16(17(25)20(26)27)19-23-18(24-30-19)13-7-10-28-11-13/h2-3,5-6,12-13,16-17H,4,7-11H2,1H3. The first-order valence-electron chi connectivity index (χ1n) is 10.5. The number of anilines is 2. The summed E-state index contributed by atoms with van der Waals surface area (Å²) in [4.78, 5) is 26.7. The van der Waals surface area contributed by atoms with E-state index < -0.39 is 17.8 Å². The van der Waals surface area contributed by atoms with Crippen LogP contribution in [0.1, 0.15) is 49.9 Å². The highest BCUT2D eigenvalue weighted by Gasteiger charge is 2.53. The van der Waals surface area contributed by atoms with E-state index in [-0.39, 0.29) is 11.8 Å². The molecule has 4 unspecified atom stereocenters. The fourth-order valence-corrected chi connectivity index (χ4v) is 4.94. The van der Waals surface area contributed by atoms with Crippen LogP contribution in [0.2, 0.25) is 0 Å². The van der Waals surface area contributed by atoms with Gasteiger partial charge in [-0.25, -0.2) is 0 Å². The van der Waals surface area contributed by atoms with Crippen molar-refractivity contribution in [1.29, 1.82) is 0 Å². The number of aliphatic imine (C=N–C) groups is 1. The molecule has 1 aromatic heterocycles. The molecule has 0 radical (unpaired) electrons. The van der Waals surface area contributed by atoms with Crippen LogP contribution < -0.4 is 9.80 Å². The van der Waals surface area contributed by atoms with Crippen LogP contribution >= 0.6 is 0 Å². The average Bonchev–Trinajstić information content (AvgIpc) is 3.52. The molecule has 4 aliphatic heterocycles. The second kappa shape index (κ2) is 6.61. The van der Waals surface area contributed by atoms with Crippen LogP contribution in [0.15, 0.2) is 33.8 Å². The zero-order chi connectivity index (χ0) is 20.3. The summed E-state index contributed by atoms with van der Waals surface area (Å²) >= 11 is 0. The van der Waals surface area contributed by atoms with E-state index >= 15 is 0 Å². The molecule has 4 atom stereocenters. The lowest BCUT2D eigenvalue weighted by atomic mass is 9.97. The minimum Gasteiger partial charge on any atom is -0.381 e. The van der Waals surface area contributed by atoms with Crippen molar-refractivity contribution >= 4 is 23.6 Å². The normalized spacial score (nSPS) is 32.7. The molecule has 2 saturated heterocycles. The fraction of sp³-hybridized carbons (Fsp3) is 0.524. The van der Waals surface area contributed by atoms with Crippen molar-refractivity contribution in [3.05, 3.63) is 36.0 Å². The molecule has 2 fully saturated rings. The molecule has 30 heavy (non-hydrogen) atoms. The maximum Gasteiger partial charge on any atom is 0.255 e. The predicted molar refractivity (Wildman–Crippen MR) is 107 cm³/mol. The molecule has 0 aliphatic carbocycles. The number of benzene rings is 1. The van der Waals surface area contributed by atoms with E-state index in [9.17, 15) is 4.79 Å². The maximum atomic E-state index is 13.8. The van der Waals surface area contributed by atoms with Gasteiger partial charge in [0.05, 0.1) is 24.3 Å². The number of nitrogens with zero attached hydrogens (tertiary/aromatic N) is 5. The molecule has 0 saturated carbocycles. The van der Waals surface area contributed by atoms with Gasteiger partial charge in [-0.05, 0) is 38.3 Å². The van der Waals surface area contributed by atoms with E-state index in [1.807, 2.05) is 36.1 Å². The minimum atomic E-state index is -0.673. The third-order valence-electron chi connectivity index (χ3n) is 6.50. The minimum absolute atomic E-state index is 0.0652. The van der Waals surface area contributed by atoms with Crippen molar-refractivity contribution in [1.82, 2.24) is 10.1 Å². The first-order valence-corrected chi connectivity index (χ1v) is 10.5. The van der Waals surface area contributed by atoms with E-state index in [0.717, 1.165) is 30.6 Å². The molecule has 0 bridgehead atoms. The number of amides is 1. The Kier molecular flexibility index (Phi) is 3.97. The molecule has 9 heteroatoms. The lowest BCUT2D eigenvalue weighted by Crippen LogP contribution is -2.60. The van der Waals surface area contributed by atoms with E-state index in [1.54, 1.807) is 11.2 Å². The molecule has 156 valence electrons. The van der Waals surface area contributed by atoms with Crippen LogP contribution in [-0.2, 0) is 14.3 Å². The maximum absolute atomic E-state index is 13.8. The number of rotatable bonds is 3. The average molecular weight is 409 g/mol. The van der Waals surface area contributed by atoms with E-state index in [1.165, 1.54) is 0 Å². The summed E-state index contributed by atoms with van der Waals surface area (Å²) < 4.78 is 17.1. The highest BCUT2D eigenvalue weighted by molar-refractivity contribution is 6.12. The summed E-state index contributed by atoms with van der Waals surface area (Å²) in [6, 6.07) is 6.74. The van der Waals surface area contributed by atoms with Crippen molar-refractivity contribution in [2.75, 3.05) is 29.6 Å². The van der Waals surface area contributed by atoms with Gasteiger partial charge in [-0.15, -0.1) is 0 Å². The number of aromatic nitrogens is 2. The molecule has 9 nitrogen and oxygen atoms in total. The Morgan fingerprint density at radius 2 is 2.07 bits per heavy atom. The van der Waals surface area contributed by atoms with Crippen molar-refractivity contribution in [2.45, 2.75) is 49.9 Å². The highest BCUT2D eigenvalue weighted by atomic mass is 16.5. The van der Waals surface area contributed by atoms with Crippen LogP contribution in [0.4, 0.5) is 11.4 Å². The number of ether oxygens (including phenoxy) is 2. The topological polar surface area (TPSA) is 93.3 Å². The second-order valence-electron chi connectivity index (χ2n) is 8.40. The molecule has 1 aromatic carbocycles. The number of carbonyl (C=O) groups is 1. The first kappa shape index (κ1) is 18.0. The summed E-state index contributed by atoms with van der Waals surface area (Å²) in [6.07, 6.45) is 4.30. The fourth-order valence-electron chi connectivity index (χ4n) is 4.94. The van der Waals surface area contributed by atoms with Gasteiger partial charge in [-0.2, -0.15) is 4.98 Å². The van der Waals surface area contributed by atoms with Crippen molar-refractivity contribution in [3.8, 4) is 0 Å². The number of hydrogen-bond acceptors (Lipinski definition) is 8. The molecular formula is C21H23N5O4. The summed E-state index contributed by atoms with van der Waals surface area (Å²) in [6.45, 7) is 3.93. The molecule has 2 aromatic rings. The van der Waals surface area contributed by atoms with E-state index in [0.29, 0.717) is 31.5 Å². The Hall–Kier alpha value is -2.78. The summed E-state index contributed by atoms with van der Waals surface area (Å²) in [5.74, 6) is 1.06. The van der Waals surface area contributed by atoms with E-state index in [4.69, 9.17) is 14.0 Å². The molecule has 0 N–H and O–H groups in total. The molecule has 4 aliphatic rings. The zero-order valence-electron chi connectivity index (χ0n) is 16.7. The Balaban J connectivity index is 1.39. The van der Waals surface area contributed by atoms with Crippen molar-refractivity contribution in [3.63, 3.8) is 0 Å². The van der Waals surface area contributed by atoms with Gasteiger partial charge in [0.1, 0.15) is 11.8 Å². The SMILES string of the molecule is CC1(N2C(=O)C3C(c4nc(C5CCOC5)no4)N=CN3c3ccccc32)CCCO1. The zero-order valence-corrected chi connectivity index (χ0v) is 16.7. The molecule has 1 amide bonds. The summed E-state index contributed by atoms with van der Waals surface area (Å²) in [5.41, 5.74) is 1.09. The lowest BCUT2D eigenvalue weighted by Gasteiger charge is -2.45. The summed E-state index contributed by atoms with van der Waals surface area (Å²) in [5, 5.41) is 4.15. The quantitative estimate of drug-likeness (QED) is 0.768. The van der Waals surface area contributed by atoms with E-state index in [2.05, 4.69) is 15.1 Å². The third kappa shape index (κ3) is 2.55. The van der Waals surface area contributed by atoms with Gasteiger partial charge >= 0.3 is 0 Å². The van der Waals surface area contributed by atoms with Gasteiger partial charge in [-0.1, -0.05) is 17.3 Å². The Bertz CT molecular complexity index is 1010. The monoisotopic (exact) mass is 409 g/mol. The van der Waals surface area contributed by atoms with Crippen LogP contribution in [-0.4, -0.2) is 54.0 Å². The van der Waals surface area contributed by atoms with Crippen molar-refractivity contribution < 1.29 is 18.8 Å². The smallest absolute Gasteiger partial charge is 0.255 e. The van der Waals surface area contributed by atoms with Crippen LogP contribution in [0, 0.1) is 0 Å². The number of carbonyl (C=O) groups excluding carboxylic acids is 1. The van der Waals surface area contributed by atoms with Gasteiger partial charge in [-0.3, -0.25) is 14.7 Å². The van der Waals surface area contributed by atoms with Gasteiger partial charge in [0.2, 0.25) is 0 Å². The van der Waals surface area contributed by atoms with Gasteiger partial charge in [0.25, 0.3) is 11.8 Å². The molecular weight excluding hydrogens is 386 g/mol. The van der Waals surface area contributed by atoms with Crippen LogP contribution in [0.3, 0.4) is 0 Å². The van der Waals surface area contributed by atoms with Gasteiger partial charge in [0.15, 0.2) is 11.9 Å².